The van der Waals surface area contributed by atoms with Gasteiger partial charge in [-0.15, -0.1) is 0 Å². The van der Waals surface area contributed by atoms with E-state index >= 15 is 8.78 Å². The second-order valence-corrected chi connectivity index (χ2v) is 9.86. The molecule has 0 fully saturated rings. The molecule has 1 aliphatic rings. The first-order chi connectivity index (χ1) is 12.0. The van der Waals surface area contributed by atoms with Gasteiger partial charge in [0.25, 0.3) is 5.92 Å². The largest absolute Gasteiger partial charge is 0.493 e. The molecular weight excluding hydrogens is 430 g/mol. The summed E-state index contributed by atoms with van der Waals surface area (Å²) < 4.78 is 56.3. The number of rotatable bonds is 6. The van der Waals surface area contributed by atoms with Crippen molar-refractivity contribution in [2.75, 3.05) is 19.8 Å². The minimum Gasteiger partial charge on any atom is -0.493 e. The second kappa shape index (κ2) is 7.89. The zero-order valence-electron chi connectivity index (χ0n) is 14.8. The number of ether oxygens (including phenoxy) is 2. The number of hydrogen-bond acceptors (Lipinski definition) is 4. The Labute approximate surface area is 162 Å². The fourth-order valence-corrected chi connectivity index (χ4v) is 3.98. The van der Waals surface area contributed by atoms with Crippen LogP contribution in [0.1, 0.15) is 32.8 Å². The van der Waals surface area contributed by atoms with Crippen LogP contribution in [0.5, 0.6) is 5.75 Å². The summed E-state index contributed by atoms with van der Waals surface area (Å²) >= 11 is 3.30. The SMILES string of the molecule is CC(C)(C)[S@@](=O)N[C@]1(C(F)(F)COCC#N)CCOc2ccc(Br)cc21. The molecule has 1 aromatic carbocycles. The molecule has 0 amide bonds. The molecule has 0 saturated carbocycles. The molecule has 0 bridgehead atoms. The Kier molecular flexibility index (Phi) is 6.44. The lowest BCUT2D eigenvalue weighted by atomic mass is 9.80. The van der Waals surface area contributed by atoms with Crippen molar-refractivity contribution in [2.45, 2.75) is 43.4 Å². The molecule has 0 aromatic heterocycles. The van der Waals surface area contributed by atoms with Crippen molar-refractivity contribution in [2.24, 2.45) is 0 Å². The molecule has 1 aromatic rings. The predicted octanol–water partition coefficient (Wildman–Crippen LogP) is 3.65. The van der Waals surface area contributed by atoms with Gasteiger partial charge in [0, 0.05) is 16.5 Å². The molecule has 9 heteroatoms. The van der Waals surface area contributed by atoms with Crippen LogP contribution >= 0.6 is 15.9 Å². The van der Waals surface area contributed by atoms with E-state index in [4.69, 9.17) is 14.7 Å². The van der Waals surface area contributed by atoms with E-state index in [-0.39, 0.29) is 18.6 Å². The molecule has 2 rings (SSSR count). The van der Waals surface area contributed by atoms with Gasteiger partial charge in [0.05, 0.1) is 28.4 Å². The third-order valence-corrected chi connectivity index (χ3v) is 6.17. The highest BCUT2D eigenvalue weighted by Gasteiger charge is 2.58. The van der Waals surface area contributed by atoms with E-state index in [1.807, 2.05) is 0 Å². The summed E-state index contributed by atoms with van der Waals surface area (Å²) in [6.07, 6.45) is -0.0960. The highest BCUT2D eigenvalue weighted by Crippen LogP contribution is 2.48. The van der Waals surface area contributed by atoms with E-state index in [1.165, 1.54) is 0 Å². The van der Waals surface area contributed by atoms with Crippen LogP contribution in [0.15, 0.2) is 22.7 Å². The monoisotopic (exact) mass is 450 g/mol. The Morgan fingerprint density at radius 2 is 2.15 bits per heavy atom. The zero-order chi connectivity index (χ0) is 19.6. The van der Waals surface area contributed by atoms with E-state index in [0.29, 0.717) is 10.2 Å². The van der Waals surface area contributed by atoms with Gasteiger partial charge in [-0.25, -0.2) is 17.7 Å². The number of nitrogens with one attached hydrogen (secondary N) is 1. The molecule has 1 heterocycles. The molecule has 1 N–H and O–H groups in total. The van der Waals surface area contributed by atoms with Crippen LogP contribution < -0.4 is 9.46 Å². The van der Waals surface area contributed by atoms with E-state index in [2.05, 4.69) is 20.7 Å². The van der Waals surface area contributed by atoms with E-state index in [0.717, 1.165) is 0 Å². The third kappa shape index (κ3) is 4.25. The molecule has 0 spiro atoms. The number of alkyl halides is 2. The van der Waals surface area contributed by atoms with Crippen molar-refractivity contribution in [3.8, 4) is 11.8 Å². The van der Waals surface area contributed by atoms with Crippen LogP contribution in [-0.2, 0) is 21.3 Å². The van der Waals surface area contributed by atoms with Gasteiger partial charge in [-0.3, -0.25) is 0 Å². The van der Waals surface area contributed by atoms with Gasteiger partial charge >= 0.3 is 0 Å². The summed E-state index contributed by atoms with van der Waals surface area (Å²) in [4.78, 5) is 0. The number of benzene rings is 1. The highest BCUT2D eigenvalue weighted by atomic mass is 79.9. The van der Waals surface area contributed by atoms with Gasteiger partial charge in [-0.2, -0.15) is 5.26 Å². The first kappa shape index (κ1) is 21.2. The quantitative estimate of drug-likeness (QED) is 0.671. The molecule has 5 nitrogen and oxygen atoms in total. The molecule has 26 heavy (non-hydrogen) atoms. The maximum atomic E-state index is 15.3. The summed E-state index contributed by atoms with van der Waals surface area (Å²) in [5, 5.41) is 8.57. The van der Waals surface area contributed by atoms with Crippen molar-refractivity contribution in [1.82, 2.24) is 4.72 Å². The van der Waals surface area contributed by atoms with Gasteiger partial charge in [0.2, 0.25) is 0 Å². The Balaban J connectivity index is 2.56. The minimum atomic E-state index is -3.43. The average Bonchev–Trinajstić information content (AvgIpc) is 2.54. The predicted molar refractivity (Wildman–Crippen MR) is 98.3 cm³/mol. The van der Waals surface area contributed by atoms with Crippen LogP contribution in [0, 0.1) is 11.3 Å². The Hall–Kier alpha value is -1.08. The van der Waals surface area contributed by atoms with Crippen molar-refractivity contribution >= 4 is 26.9 Å². The molecule has 0 aliphatic carbocycles. The van der Waals surface area contributed by atoms with Crippen molar-refractivity contribution in [3.05, 3.63) is 28.2 Å². The minimum absolute atomic E-state index is 0.0385. The maximum Gasteiger partial charge on any atom is 0.293 e. The fourth-order valence-electron chi connectivity index (χ4n) is 2.63. The first-order valence-corrected chi connectivity index (χ1v) is 9.93. The van der Waals surface area contributed by atoms with Gasteiger partial charge in [-0.05, 0) is 39.0 Å². The molecule has 1 aliphatic heterocycles. The molecule has 2 atom stereocenters. The summed E-state index contributed by atoms with van der Waals surface area (Å²) in [5.74, 6) is -3.12. The Bertz CT molecular complexity index is 734. The lowest BCUT2D eigenvalue weighted by molar-refractivity contribution is -0.142. The van der Waals surface area contributed by atoms with Crippen LogP contribution in [-0.4, -0.2) is 34.7 Å². The average molecular weight is 451 g/mol. The Morgan fingerprint density at radius 3 is 2.77 bits per heavy atom. The maximum absolute atomic E-state index is 15.3. The van der Waals surface area contributed by atoms with Gasteiger partial charge in [0.1, 0.15) is 24.5 Å². The van der Waals surface area contributed by atoms with Gasteiger partial charge in [-0.1, -0.05) is 15.9 Å². The standard InChI is InChI=1S/C17H21BrF2N2O3S/c1-15(2,3)26(23)22-16(17(19,20)11-24-9-7-21)6-8-25-14-5-4-12(18)10-13(14)16/h4-5,10,22H,6,8-9,11H2,1-3H3/t16-,26-/m1/s1. The topological polar surface area (TPSA) is 71.3 Å². The smallest absolute Gasteiger partial charge is 0.293 e. The summed E-state index contributed by atoms with van der Waals surface area (Å²) in [6.45, 7) is 3.73. The molecule has 0 saturated heterocycles. The number of nitrogens with zero attached hydrogens (tertiary/aromatic N) is 1. The highest BCUT2D eigenvalue weighted by molar-refractivity contribution is 9.10. The van der Waals surface area contributed by atoms with Crippen LogP contribution in [0.25, 0.3) is 0 Å². The van der Waals surface area contributed by atoms with E-state index < -0.39 is 40.4 Å². The fraction of sp³-hybridized carbons (Fsp3) is 0.588. The molecule has 0 radical (unpaired) electrons. The summed E-state index contributed by atoms with van der Waals surface area (Å²) in [7, 11) is -1.76. The third-order valence-electron chi connectivity index (χ3n) is 4.03. The van der Waals surface area contributed by atoms with Crippen molar-refractivity contribution < 1.29 is 22.5 Å². The lowest BCUT2D eigenvalue weighted by Gasteiger charge is -2.45. The Morgan fingerprint density at radius 1 is 1.46 bits per heavy atom. The number of halogens is 3. The summed E-state index contributed by atoms with van der Waals surface area (Å²) in [6, 6.07) is 6.51. The van der Waals surface area contributed by atoms with Crippen LogP contribution in [0.4, 0.5) is 8.78 Å². The van der Waals surface area contributed by atoms with Crippen LogP contribution in [0.2, 0.25) is 0 Å². The normalized spacial score (nSPS) is 21.4. The molecule has 144 valence electrons. The van der Waals surface area contributed by atoms with Crippen molar-refractivity contribution in [1.29, 1.82) is 5.26 Å². The second-order valence-electron chi connectivity index (χ2n) is 6.98. The summed E-state index contributed by atoms with van der Waals surface area (Å²) in [5.41, 5.74) is -1.74. The lowest BCUT2D eigenvalue weighted by Crippen LogP contribution is -2.62. The van der Waals surface area contributed by atoms with Gasteiger partial charge in [0.15, 0.2) is 0 Å². The number of nitriles is 1. The van der Waals surface area contributed by atoms with Crippen molar-refractivity contribution in [3.63, 3.8) is 0 Å². The zero-order valence-corrected chi connectivity index (χ0v) is 17.2. The molecular formula is C17H21BrF2N2O3S. The number of fused-ring (bicyclic) bond motifs is 1. The van der Waals surface area contributed by atoms with E-state index in [1.54, 1.807) is 45.0 Å². The number of hydrogen-bond donors (Lipinski definition) is 1. The van der Waals surface area contributed by atoms with Gasteiger partial charge < -0.3 is 9.47 Å². The van der Waals surface area contributed by atoms with E-state index in [9.17, 15) is 4.21 Å². The molecule has 0 unspecified atom stereocenters. The first-order valence-electron chi connectivity index (χ1n) is 7.98. The van der Waals surface area contributed by atoms with Crippen LogP contribution in [0.3, 0.4) is 0 Å².